The minimum absolute atomic E-state index is 0.181. The van der Waals surface area contributed by atoms with Crippen molar-refractivity contribution >= 4 is 45.5 Å². The molecule has 0 atom stereocenters. The van der Waals surface area contributed by atoms with Crippen molar-refractivity contribution in [1.29, 1.82) is 0 Å². The molecule has 4 rings (SSSR count). The third kappa shape index (κ3) is 5.23. The van der Waals surface area contributed by atoms with Gasteiger partial charge in [-0.25, -0.2) is 14.1 Å². The first-order valence-electron chi connectivity index (χ1n) is 11.4. The van der Waals surface area contributed by atoms with Crippen LogP contribution < -0.4 is 15.0 Å². The Morgan fingerprint density at radius 3 is 2.50 bits per heavy atom. The Bertz CT molecular complexity index is 1420. The number of rotatable bonds is 6. The fourth-order valence-electron chi connectivity index (χ4n) is 3.94. The molecule has 1 saturated heterocycles. The van der Waals surface area contributed by atoms with Crippen molar-refractivity contribution in [3.05, 3.63) is 98.3 Å². The number of barbiturate groups is 1. The van der Waals surface area contributed by atoms with Gasteiger partial charge in [-0.15, -0.1) is 0 Å². The molecule has 1 aliphatic heterocycles. The Hall–Kier alpha value is -3.78. The zero-order chi connectivity index (χ0) is 26.0. The van der Waals surface area contributed by atoms with E-state index in [1.807, 2.05) is 32.9 Å². The number of imide groups is 2. The van der Waals surface area contributed by atoms with Gasteiger partial charge in [-0.3, -0.25) is 14.9 Å². The molecule has 36 heavy (non-hydrogen) atoms. The number of aryl methyl sites for hydroxylation is 2. The van der Waals surface area contributed by atoms with E-state index in [4.69, 9.17) is 4.74 Å². The molecule has 0 aromatic heterocycles. The van der Waals surface area contributed by atoms with E-state index in [0.717, 1.165) is 27.2 Å². The lowest BCUT2D eigenvalue weighted by molar-refractivity contribution is -0.122. The van der Waals surface area contributed by atoms with Crippen LogP contribution in [0.5, 0.6) is 5.75 Å². The number of carbonyl (C=O) groups excluding carboxylic acids is 3. The van der Waals surface area contributed by atoms with Crippen molar-refractivity contribution in [2.75, 3.05) is 11.5 Å². The van der Waals surface area contributed by atoms with Crippen LogP contribution in [-0.2, 0) is 16.0 Å². The fraction of sp³-hybridized carbons (Fsp3) is 0.179. The number of urea groups is 1. The smallest absolute Gasteiger partial charge is 0.335 e. The molecule has 1 aliphatic rings. The van der Waals surface area contributed by atoms with E-state index in [1.165, 1.54) is 18.2 Å². The Morgan fingerprint density at radius 1 is 1.03 bits per heavy atom. The second-order valence-electron chi connectivity index (χ2n) is 8.45. The van der Waals surface area contributed by atoms with Gasteiger partial charge in [0.2, 0.25) is 0 Å². The van der Waals surface area contributed by atoms with Crippen molar-refractivity contribution in [2.45, 2.75) is 27.2 Å². The number of carbonyl (C=O) groups is 3. The number of anilines is 1. The summed E-state index contributed by atoms with van der Waals surface area (Å²) in [5.41, 5.74) is 4.22. The number of benzene rings is 3. The summed E-state index contributed by atoms with van der Waals surface area (Å²) in [6.07, 6.45) is 1.84. The number of hydrogen-bond acceptors (Lipinski definition) is 4. The van der Waals surface area contributed by atoms with Crippen LogP contribution in [0, 0.1) is 19.7 Å². The van der Waals surface area contributed by atoms with Gasteiger partial charge >= 0.3 is 6.03 Å². The van der Waals surface area contributed by atoms with Crippen molar-refractivity contribution < 1.29 is 23.5 Å². The first-order valence-corrected chi connectivity index (χ1v) is 12.2. The van der Waals surface area contributed by atoms with Gasteiger partial charge in [-0.2, -0.15) is 0 Å². The highest BCUT2D eigenvalue weighted by Crippen LogP contribution is 2.33. The molecule has 1 heterocycles. The van der Waals surface area contributed by atoms with E-state index in [0.29, 0.717) is 34.5 Å². The number of amides is 4. The lowest BCUT2D eigenvalue weighted by atomic mass is 10.00. The average molecular weight is 551 g/mol. The molecule has 4 amide bonds. The maximum absolute atomic E-state index is 13.7. The SMILES string of the molecule is CCOc1cc(/C=C2\C(=O)NC(=O)N(c3ccc(C)c(C)c3)C2=O)cc(Br)c1Cc1cccc(F)c1. The molecule has 6 nitrogen and oxygen atoms in total. The summed E-state index contributed by atoms with van der Waals surface area (Å²) in [4.78, 5) is 39.4. The van der Waals surface area contributed by atoms with E-state index in [-0.39, 0.29) is 11.4 Å². The molecule has 1 N–H and O–H groups in total. The van der Waals surface area contributed by atoms with E-state index < -0.39 is 17.8 Å². The Balaban J connectivity index is 1.72. The summed E-state index contributed by atoms with van der Waals surface area (Å²) in [7, 11) is 0. The number of halogens is 2. The molecular formula is C28H24BrFN2O4. The summed E-state index contributed by atoms with van der Waals surface area (Å²) in [6.45, 7) is 6.04. The Labute approximate surface area is 216 Å². The number of nitrogens with zero attached hydrogens (tertiary/aromatic N) is 1. The number of hydrogen-bond donors (Lipinski definition) is 1. The van der Waals surface area contributed by atoms with E-state index in [2.05, 4.69) is 21.2 Å². The van der Waals surface area contributed by atoms with Gasteiger partial charge in [-0.05, 0) is 85.5 Å². The van der Waals surface area contributed by atoms with Crippen LogP contribution in [0.3, 0.4) is 0 Å². The molecule has 0 saturated carbocycles. The van der Waals surface area contributed by atoms with E-state index in [1.54, 1.807) is 30.3 Å². The topological polar surface area (TPSA) is 75.7 Å². The Kier molecular flexibility index (Phi) is 7.35. The molecule has 0 radical (unpaired) electrons. The van der Waals surface area contributed by atoms with Gasteiger partial charge in [0.15, 0.2) is 0 Å². The van der Waals surface area contributed by atoms with Gasteiger partial charge in [0.05, 0.1) is 12.3 Å². The second kappa shape index (κ2) is 10.5. The van der Waals surface area contributed by atoms with Gasteiger partial charge in [0.25, 0.3) is 11.8 Å². The van der Waals surface area contributed by atoms with Gasteiger partial charge in [-0.1, -0.05) is 34.1 Å². The molecule has 184 valence electrons. The van der Waals surface area contributed by atoms with E-state index >= 15 is 0 Å². The molecule has 0 aliphatic carbocycles. The first kappa shape index (κ1) is 25.3. The largest absolute Gasteiger partial charge is 0.494 e. The quantitative estimate of drug-likeness (QED) is 0.308. The van der Waals surface area contributed by atoms with Crippen molar-refractivity contribution in [3.63, 3.8) is 0 Å². The maximum Gasteiger partial charge on any atom is 0.335 e. The fourth-order valence-corrected chi connectivity index (χ4v) is 4.54. The standard InChI is InChI=1S/C28H24BrFN2O4/c1-4-36-25-15-19(14-24(29)22(25)12-18-6-5-7-20(30)11-18)13-23-26(33)31-28(35)32(27(23)34)21-9-8-16(2)17(3)10-21/h5-11,13-15H,4,12H2,1-3H3,(H,31,33,35)/b23-13+. The van der Waals surface area contributed by atoms with Gasteiger partial charge in [0, 0.05) is 16.5 Å². The lowest BCUT2D eigenvalue weighted by Gasteiger charge is -2.27. The summed E-state index contributed by atoms with van der Waals surface area (Å²) < 4.78 is 20.2. The number of nitrogens with one attached hydrogen (secondary N) is 1. The summed E-state index contributed by atoms with van der Waals surface area (Å²) in [5, 5.41) is 2.25. The summed E-state index contributed by atoms with van der Waals surface area (Å²) >= 11 is 3.56. The second-order valence-corrected chi connectivity index (χ2v) is 9.30. The molecule has 0 spiro atoms. The van der Waals surface area contributed by atoms with Gasteiger partial charge in [0.1, 0.15) is 17.1 Å². The van der Waals surface area contributed by atoms with Crippen molar-refractivity contribution in [1.82, 2.24) is 5.32 Å². The molecule has 8 heteroatoms. The van der Waals surface area contributed by atoms with Crippen molar-refractivity contribution in [3.8, 4) is 5.75 Å². The van der Waals surface area contributed by atoms with E-state index in [9.17, 15) is 18.8 Å². The molecular weight excluding hydrogens is 527 g/mol. The predicted octanol–water partition coefficient (Wildman–Crippen LogP) is 5.86. The number of ether oxygens (including phenoxy) is 1. The molecule has 1 fully saturated rings. The third-order valence-corrected chi connectivity index (χ3v) is 6.62. The predicted molar refractivity (Wildman–Crippen MR) is 139 cm³/mol. The highest BCUT2D eigenvalue weighted by molar-refractivity contribution is 9.10. The highest BCUT2D eigenvalue weighted by Gasteiger charge is 2.37. The molecule has 0 bridgehead atoms. The minimum Gasteiger partial charge on any atom is -0.494 e. The van der Waals surface area contributed by atoms with Crippen LogP contribution in [0.4, 0.5) is 14.9 Å². The monoisotopic (exact) mass is 550 g/mol. The van der Waals surface area contributed by atoms with Gasteiger partial charge < -0.3 is 4.74 Å². The summed E-state index contributed by atoms with van der Waals surface area (Å²) in [6, 6.07) is 14.2. The van der Waals surface area contributed by atoms with Crippen LogP contribution in [-0.4, -0.2) is 24.5 Å². The molecule has 3 aromatic carbocycles. The summed E-state index contributed by atoms with van der Waals surface area (Å²) in [5.74, 6) is -1.28. The first-order chi connectivity index (χ1) is 17.2. The zero-order valence-corrected chi connectivity index (χ0v) is 21.6. The highest BCUT2D eigenvalue weighted by atomic mass is 79.9. The van der Waals surface area contributed by atoms with Crippen LogP contribution in [0.1, 0.15) is 34.7 Å². The third-order valence-electron chi connectivity index (χ3n) is 5.91. The molecule has 3 aromatic rings. The average Bonchev–Trinajstić information content (AvgIpc) is 2.81. The molecule has 0 unspecified atom stereocenters. The van der Waals surface area contributed by atoms with Crippen LogP contribution in [0.15, 0.2) is 64.6 Å². The van der Waals surface area contributed by atoms with Crippen LogP contribution >= 0.6 is 15.9 Å². The van der Waals surface area contributed by atoms with Crippen LogP contribution in [0.2, 0.25) is 0 Å². The van der Waals surface area contributed by atoms with Crippen molar-refractivity contribution in [2.24, 2.45) is 0 Å². The normalized spacial score (nSPS) is 14.9. The zero-order valence-electron chi connectivity index (χ0n) is 20.0. The minimum atomic E-state index is -0.799. The lowest BCUT2D eigenvalue weighted by Crippen LogP contribution is -2.54. The van der Waals surface area contributed by atoms with Crippen LogP contribution in [0.25, 0.3) is 6.08 Å². The maximum atomic E-state index is 13.7. The Morgan fingerprint density at radius 2 is 1.81 bits per heavy atom.